The van der Waals surface area contributed by atoms with Gasteiger partial charge in [0.2, 0.25) is 5.95 Å². The van der Waals surface area contributed by atoms with Crippen LogP contribution in [0.5, 0.6) is 0 Å². The quantitative estimate of drug-likeness (QED) is 0.640. The molecule has 0 aliphatic rings. The molecule has 96 valence electrons. The van der Waals surface area contributed by atoms with Crippen LogP contribution in [0.15, 0.2) is 30.5 Å². The average molecular weight is 254 g/mol. The second-order valence-corrected chi connectivity index (χ2v) is 4.06. The smallest absolute Gasteiger partial charge is 0.239 e. The maximum absolute atomic E-state index is 8.79. The number of nitrogen functional groups attached to an aromatic ring is 1. The normalized spacial score (nSPS) is 9.79. The molecule has 0 amide bonds. The van der Waals surface area contributed by atoms with Crippen molar-refractivity contribution in [3.63, 3.8) is 0 Å². The van der Waals surface area contributed by atoms with E-state index >= 15 is 0 Å². The van der Waals surface area contributed by atoms with Gasteiger partial charge in [0.15, 0.2) is 0 Å². The van der Waals surface area contributed by atoms with Gasteiger partial charge in [-0.15, -0.1) is 0 Å². The maximum atomic E-state index is 8.79. The van der Waals surface area contributed by atoms with Crippen molar-refractivity contribution in [1.82, 2.24) is 9.97 Å². The van der Waals surface area contributed by atoms with Gasteiger partial charge in [-0.1, -0.05) is 0 Å². The molecule has 2 aromatic rings. The molecule has 0 aliphatic heterocycles. The summed E-state index contributed by atoms with van der Waals surface area (Å²) in [6, 6.07) is 9.37. The number of benzene rings is 1. The van der Waals surface area contributed by atoms with E-state index in [1.54, 1.807) is 18.3 Å². The van der Waals surface area contributed by atoms with Gasteiger partial charge in [0.25, 0.3) is 0 Å². The summed E-state index contributed by atoms with van der Waals surface area (Å²) >= 11 is 0. The van der Waals surface area contributed by atoms with Gasteiger partial charge >= 0.3 is 0 Å². The number of hydrogen-bond acceptors (Lipinski definition) is 6. The predicted molar refractivity (Wildman–Crippen MR) is 73.8 cm³/mol. The standard InChI is InChI=1S/C13H14N6/c1-9-8-16-13(18-15)17-12(9)19(2)11-5-3-10(7-14)4-6-11/h3-6,8H,15H2,1-2H3,(H,16,17,18). The highest BCUT2D eigenvalue weighted by Gasteiger charge is 2.10. The summed E-state index contributed by atoms with van der Waals surface area (Å²) in [6.45, 7) is 1.93. The molecular formula is C13H14N6. The zero-order chi connectivity index (χ0) is 13.8. The van der Waals surface area contributed by atoms with E-state index in [0.29, 0.717) is 11.5 Å². The fourth-order valence-corrected chi connectivity index (χ4v) is 1.72. The lowest BCUT2D eigenvalue weighted by Gasteiger charge is -2.20. The molecule has 0 aliphatic carbocycles. The van der Waals surface area contributed by atoms with E-state index in [9.17, 15) is 0 Å². The molecule has 2 rings (SSSR count). The van der Waals surface area contributed by atoms with Crippen molar-refractivity contribution < 1.29 is 0 Å². The van der Waals surface area contributed by atoms with E-state index in [1.807, 2.05) is 31.0 Å². The molecule has 1 heterocycles. The minimum Gasteiger partial charge on any atom is -0.329 e. The van der Waals surface area contributed by atoms with Crippen molar-refractivity contribution in [2.75, 3.05) is 17.4 Å². The van der Waals surface area contributed by atoms with Crippen molar-refractivity contribution in [1.29, 1.82) is 5.26 Å². The van der Waals surface area contributed by atoms with Crippen molar-refractivity contribution in [2.45, 2.75) is 6.92 Å². The topological polar surface area (TPSA) is 90.9 Å². The van der Waals surface area contributed by atoms with Crippen LogP contribution in [0.4, 0.5) is 17.5 Å². The third-order valence-corrected chi connectivity index (χ3v) is 2.78. The van der Waals surface area contributed by atoms with Crippen molar-refractivity contribution in [3.05, 3.63) is 41.6 Å². The number of nitrogens with one attached hydrogen (secondary N) is 1. The van der Waals surface area contributed by atoms with Crippen LogP contribution in [0.25, 0.3) is 0 Å². The third-order valence-electron chi connectivity index (χ3n) is 2.78. The molecule has 0 bridgehead atoms. The third kappa shape index (κ3) is 2.61. The molecule has 0 radical (unpaired) electrons. The molecule has 3 N–H and O–H groups in total. The van der Waals surface area contributed by atoms with Crippen molar-refractivity contribution in [3.8, 4) is 6.07 Å². The average Bonchev–Trinajstić information content (AvgIpc) is 2.47. The molecule has 1 aromatic heterocycles. The highest BCUT2D eigenvalue weighted by Crippen LogP contribution is 2.25. The highest BCUT2D eigenvalue weighted by atomic mass is 15.3. The summed E-state index contributed by atoms with van der Waals surface area (Å²) in [5.41, 5.74) is 4.92. The molecule has 6 nitrogen and oxygen atoms in total. The minimum absolute atomic E-state index is 0.362. The van der Waals surface area contributed by atoms with E-state index in [4.69, 9.17) is 11.1 Å². The summed E-state index contributed by atoms with van der Waals surface area (Å²) in [6.07, 6.45) is 1.71. The molecule has 6 heteroatoms. The van der Waals surface area contributed by atoms with Gasteiger partial charge in [-0.2, -0.15) is 10.2 Å². The molecule has 0 fully saturated rings. The first-order chi connectivity index (χ1) is 9.15. The van der Waals surface area contributed by atoms with Gasteiger partial charge in [-0.05, 0) is 31.2 Å². The molecule has 1 aromatic carbocycles. The molecular weight excluding hydrogens is 240 g/mol. The van der Waals surface area contributed by atoms with Gasteiger partial charge < -0.3 is 4.90 Å². The van der Waals surface area contributed by atoms with E-state index in [2.05, 4.69) is 21.5 Å². The lowest BCUT2D eigenvalue weighted by atomic mass is 10.2. The van der Waals surface area contributed by atoms with Crippen LogP contribution in [0.1, 0.15) is 11.1 Å². The summed E-state index contributed by atoms with van der Waals surface area (Å²) < 4.78 is 0. The predicted octanol–water partition coefficient (Wildman–Crippen LogP) is 1.71. The SMILES string of the molecule is Cc1cnc(NN)nc1N(C)c1ccc(C#N)cc1. The number of aromatic nitrogens is 2. The summed E-state index contributed by atoms with van der Waals surface area (Å²) in [7, 11) is 1.90. The minimum atomic E-state index is 0.362. The maximum Gasteiger partial charge on any atom is 0.239 e. The van der Waals surface area contributed by atoms with E-state index in [-0.39, 0.29) is 0 Å². The van der Waals surface area contributed by atoms with Crippen LogP contribution in [-0.4, -0.2) is 17.0 Å². The fourth-order valence-electron chi connectivity index (χ4n) is 1.72. The Balaban J connectivity index is 2.37. The van der Waals surface area contributed by atoms with Crippen LogP contribution < -0.4 is 16.2 Å². The summed E-state index contributed by atoms with van der Waals surface area (Å²) in [4.78, 5) is 10.3. The Kier molecular flexibility index (Phi) is 3.59. The highest BCUT2D eigenvalue weighted by molar-refractivity contribution is 5.63. The summed E-state index contributed by atoms with van der Waals surface area (Å²) in [5, 5.41) is 8.79. The monoisotopic (exact) mass is 254 g/mol. The molecule has 0 saturated carbocycles. The Bertz CT molecular complexity index is 614. The van der Waals surface area contributed by atoms with Crippen LogP contribution in [0, 0.1) is 18.3 Å². The van der Waals surface area contributed by atoms with Crippen LogP contribution >= 0.6 is 0 Å². The Hall–Kier alpha value is -2.65. The number of anilines is 3. The largest absolute Gasteiger partial charge is 0.329 e. The first kappa shape index (κ1) is 12.8. The number of hydrogen-bond donors (Lipinski definition) is 2. The second kappa shape index (κ2) is 5.33. The van der Waals surface area contributed by atoms with Crippen molar-refractivity contribution >= 4 is 17.5 Å². The Morgan fingerprint density at radius 2 is 2.00 bits per heavy atom. The lowest BCUT2D eigenvalue weighted by molar-refractivity contribution is 1.04. The number of aryl methyl sites for hydroxylation is 1. The Labute approximate surface area is 111 Å². The summed E-state index contributed by atoms with van der Waals surface area (Å²) in [5.74, 6) is 6.44. The van der Waals surface area contributed by atoms with Gasteiger partial charge in [-0.25, -0.2) is 10.8 Å². The first-order valence-corrected chi connectivity index (χ1v) is 5.70. The number of rotatable bonds is 3. The zero-order valence-electron chi connectivity index (χ0n) is 10.8. The van der Waals surface area contributed by atoms with E-state index in [0.717, 1.165) is 17.1 Å². The van der Waals surface area contributed by atoms with Gasteiger partial charge in [0.05, 0.1) is 11.6 Å². The van der Waals surface area contributed by atoms with Gasteiger partial charge in [-0.3, -0.25) is 5.43 Å². The lowest BCUT2D eigenvalue weighted by Crippen LogP contribution is -2.16. The van der Waals surface area contributed by atoms with Gasteiger partial charge in [0, 0.05) is 24.5 Å². The Morgan fingerprint density at radius 3 is 2.58 bits per heavy atom. The van der Waals surface area contributed by atoms with Gasteiger partial charge in [0.1, 0.15) is 5.82 Å². The first-order valence-electron chi connectivity index (χ1n) is 5.70. The van der Waals surface area contributed by atoms with E-state index in [1.165, 1.54) is 0 Å². The van der Waals surface area contributed by atoms with E-state index < -0.39 is 0 Å². The van der Waals surface area contributed by atoms with Crippen LogP contribution in [0.2, 0.25) is 0 Å². The number of nitriles is 1. The van der Waals surface area contributed by atoms with Crippen LogP contribution in [-0.2, 0) is 0 Å². The number of nitrogens with zero attached hydrogens (tertiary/aromatic N) is 4. The zero-order valence-corrected chi connectivity index (χ0v) is 10.8. The molecule has 0 atom stereocenters. The molecule has 19 heavy (non-hydrogen) atoms. The molecule has 0 saturated heterocycles. The number of hydrazine groups is 1. The fraction of sp³-hybridized carbons (Fsp3) is 0.154. The van der Waals surface area contributed by atoms with Crippen LogP contribution in [0.3, 0.4) is 0 Å². The molecule has 0 unspecified atom stereocenters. The second-order valence-electron chi connectivity index (χ2n) is 4.06. The number of nitrogens with two attached hydrogens (primary N) is 1. The molecule has 0 spiro atoms. The van der Waals surface area contributed by atoms with Crippen molar-refractivity contribution in [2.24, 2.45) is 5.84 Å². The Morgan fingerprint density at radius 1 is 1.32 bits per heavy atom.